The molecule has 0 aliphatic carbocycles. The van der Waals surface area contributed by atoms with E-state index in [9.17, 15) is 19.2 Å². The van der Waals surface area contributed by atoms with Crippen LogP contribution in [0.4, 0.5) is 22.1 Å². The molecule has 1 aliphatic rings. The van der Waals surface area contributed by atoms with Crippen molar-refractivity contribution in [1.29, 1.82) is 0 Å². The molecular formula is C26H34N6O5. The summed E-state index contributed by atoms with van der Waals surface area (Å²) >= 11 is 0. The highest BCUT2D eigenvalue weighted by Crippen LogP contribution is 2.33. The second kappa shape index (κ2) is 11.4. The number of rotatable bonds is 4. The highest BCUT2D eigenvalue weighted by Gasteiger charge is 2.34. The van der Waals surface area contributed by atoms with Crippen LogP contribution in [0.3, 0.4) is 0 Å². The average Bonchev–Trinajstić information content (AvgIpc) is 2.79. The molecule has 198 valence electrons. The molecule has 0 saturated carbocycles. The standard InChI is InChI=1S/C26H34N6O5/c1-15-7-9-20(18-8-10-21(27-12-18)29-17(3)33)32(14-15)24(35)23(34)30-19-11-16(2)22(28-13-19)31-25(36)37-26(4,5)6/h8,10-13,15,20H,7,9,14H2,1-6H3,(H,30,34)(H,27,29,33)(H,28,31,36). The number of aryl methyl sites for hydroxylation is 1. The van der Waals surface area contributed by atoms with Gasteiger partial charge in [0.25, 0.3) is 0 Å². The number of amides is 4. The van der Waals surface area contributed by atoms with Crippen molar-refractivity contribution in [3.63, 3.8) is 0 Å². The summed E-state index contributed by atoms with van der Waals surface area (Å²) in [5.74, 6) is -0.713. The van der Waals surface area contributed by atoms with Crippen molar-refractivity contribution in [3.05, 3.63) is 41.7 Å². The molecule has 2 aromatic rings. The normalized spacial score (nSPS) is 17.5. The second-order valence-corrected chi connectivity index (χ2v) is 10.3. The van der Waals surface area contributed by atoms with E-state index in [0.717, 1.165) is 12.0 Å². The van der Waals surface area contributed by atoms with E-state index in [0.29, 0.717) is 35.9 Å². The van der Waals surface area contributed by atoms with Crippen molar-refractivity contribution in [3.8, 4) is 0 Å². The fraction of sp³-hybridized carbons (Fsp3) is 0.462. The zero-order valence-electron chi connectivity index (χ0n) is 22.0. The van der Waals surface area contributed by atoms with Gasteiger partial charge in [0, 0.05) is 19.7 Å². The summed E-state index contributed by atoms with van der Waals surface area (Å²) in [4.78, 5) is 59.4. The van der Waals surface area contributed by atoms with Crippen LogP contribution in [0.1, 0.15) is 64.6 Å². The molecular weight excluding hydrogens is 476 g/mol. The minimum absolute atomic E-state index is 0.224. The lowest BCUT2D eigenvalue weighted by molar-refractivity contribution is -0.146. The Bertz CT molecular complexity index is 1170. The first-order chi connectivity index (χ1) is 17.3. The first-order valence-corrected chi connectivity index (χ1v) is 12.1. The highest BCUT2D eigenvalue weighted by molar-refractivity contribution is 6.39. The maximum absolute atomic E-state index is 13.2. The Morgan fingerprint density at radius 1 is 1.03 bits per heavy atom. The van der Waals surface area contributed by atoms with Gasteiger partial charge in [-0.2, -0.15) is 0 Å². The SMILES string of the molecule is CC(=O)Nc1ccc(C2CCC(C)CN2C(=O)C(=O)Nc2cnc(NC(=O)OC(C)(C)C)c(C)c2)cn1. The molecule has 3 heterocycles. The third-order valence-electron chi connectivity index (χ3n) is 5.70. The van der Waals surface area contributed by atoms with Crippen LogP contribution in [-0.4, -0.2) is 50.8 Å². The molecule has 2 atom stereocenters. The van der Waals surface area contributed by atoms with Gasteiger partial charge in [-0.3, -0.25) is 19.7 Å². The summed E-state index contributed by atoms with van der Waals surface area (Å²) in [6, 6.07) is 4.79. The molecule has 0 aromatic carbocycles. The summed E-state index contributed by atoms with van der Waals surface area (Å²) in [5, 5.41) is 7.81. The Labute approximate surface area is 216 Å². The van der Waals surface area contributed by atoms with E-state index in [2.05, 4.69) is 25.9 Å². The number of hydrogen-bond donors (Lipinski definition) is 3. The molecule has 37 heavy (non-hydrogen) atoms. The molecule has 0 bridgehead atoms. The molecule has 1 fully saturated rings. The summed E-state index contributed by atoms with van der Waals surface area (Å²) in [6.07, 6.45) is 3.94. The zero-order valence-corrected chi connectivity index (χ0v) is 22.0. The maximum Gasteiger partial charge on any atom is 0.413 e. The number of carbonyl (C=O) groups excluding carboxylic acids is 4. The maximum atomic E-state index is 13.2. The number of ether oxygens (including phenoxy) is 1. The number of hydrogen-bond acceptors (Lipinski definition) is 7. The van der Waals surface area contributed by atoms with Gasteiger partial charge in [-0.05, 0) is 69.7 Å². The number of aromatic nitrogens is 2. The third-order valence-corrected chi connectivity index (χ3v) is 5.70. The lowest BCUT2D eigenvalue weighted by Gasteiger charge is -2.38. The molecule has 0 radical (unpaired) electrons. The number of pyridine rings is 2. The molecule has 11 heteroatoms. The lowest BCUT2D eigenvalue weighted by Crippen LogP contribution is -2.46. The van der Waals surface area contributed by atoms with Gasteiger partial charge in [0.05, 0.1) is 17.9 Å². The predicted molar refractivity (Wildman–Crippen MR) is 139 cm³/mol. The quantitative estimate of drug-likeness (QED) is 0.527. The van der Waals surface area contributed by atoms with Crippen LogP contribution in [0, 0.1) is 12.8 Å². The number of nitrogens with one attached hydrogen (secondary N) is 3. The third kappa shape index (κ3) is 7.73. The van der Waals surface area contributed by atoms with E-state index in [1.807, 2.05) is 6.92 Å². The Kier molecular flexibility index (Phi) is 8.46. The smallest absolute Gasteiger partial charge is 0.413 e. The van der Waals surface area contributed by atoms with E-state index >= 15 is 0 Å². The first-order valence-electron chi connectivity index (χ1n) is 12.1. The number of piperidine rings is 1. The molecule has 3 rings (SSSR count). The molecule has 1 aliphatic heterocycles. The van der Waals surface area contributed by atoms with Crippen molar-refractivity contribution in [1.82, 2.24) is 14.9 Å². The van der Waals surface area contributed by atoms with Crippen LogP contribution >= 0.6 is 0 Å². The van der Waals surface area contributed by atoms with Crippen molar-refractivity contribution in [2.24, 2.45) is 5.92 Å². The van der Waals surface area contributed by atoms with Gasteiger partial charge in [0.1, 0.15) is 17.2 Å². The summed E-state index contributed by atoms with van der Waals surface area (Å²) in [6.45, 7) is 10.9. The van der Waals surface area contributed by atoms with E-state index in [1.54, 1.807) is 57.0 Å². The van der Waals surface area contributed by atoms with Gasteiger partial charge in [-0.25, -0.2) is 14.8 Å². The first kappa shape index (κ1) is 27.6. The van der Waals surface area contributed by atoms with Crippen molar-refractivity contribution < 1.29 is 23.9 Å². The number of anilines is 3. The minimum Gasteiger partial charge on any atom is -0.444 e. The predicted octanol–water partition coefficient (Wildman–Crippen LogP) is 4.03. The van der Waals surface area contributed by atoms with Gasteiger partial charge in [0.2, 0.25) is 5.91 Å². The fourth-order valence-electron chi connectivity index (χ4n) is 4.07. The van der Waals surface area contributed by atoms with E-state index in [1.165, 1.54) is 13.1 Å². The second-order valence-electron chi connectivity index (χ2n) is 10.3. The molecule has 4 amide bonds. The van der Waals surface area contributed by atoms with Gasteiger partial charge in [-0.1, -0.05) is 13.0 Å². The molecule has 1 saturated heterocycles. The summed E-state index contributed by atoms with van der Waals surface area (Å²) in [7, 11) is 0. The summed E-state index contributed by atoms with van der Waals surface area (Å²) < 4.78 is 5.24. The van der Waals surface area contributed by atoms with Gasteiger partial charge >= 0.3 is 17.9 Å². The highest BCUT2D eigenvalue weighted by atomic mass is 16.6. The Hall–Kier alpha value is -4.02. The monoisotopic (exact) mass is 510 g/mol. The summed E-state index contributed by atoms with van der Waals surface area (Å²) in [5.41, 5.74) is 1.05. The minimum atomic E-state index is -0.782. The van der Waals surface area contributed by atoms with Gasteiger partial charge < -0.3 is 20.3 Å². The van der Waals surface area contributed by atoms with Crippen LogP contribution in [0.15, 0.2) is 30.6 Å². The van der Waals surface area contributed by atoms with Crippen LogP contribution < -0.4 is 16.0 Å². The largest absolute Gasteiger partial charge is 0.444 e. The lowest BCUT2D eigenvalue weighted by atomic mass is 9.90. The molecule has 2 aromatic heterocycles. The van der Waals surface area contributed by atoms with Crippen LogP contribution in [-0.2, 0) is 19.1 Å². The van der Waals surface area contributed by atoms with Crippen LogP contribution in [0.2, 0.25) is 0 Å². The van der Waals surface area contributed by atoms with Gasteiger partial charge in [0.15, 0.2) is 0 Å². The molecule has 2 unspecified atom stereocenters. The molecule has 11 nitrogen and oxygen atoms in total. The van der Waals surface area contributed by atoms with Crippen LogP contribution in [0.25, 0.3) is 0 Å². The zero-order chi connectivity index (χ0) is 27.3. The molecule has 3 N–H and O–H groups in total. The van der Waals surface area contributed by atoms with Crippen LogP contribution in [0.5, 0.6) is 0 Å². The van der Waals surface area contributed by atoms with Crippen molar-refractivity contribution >= 4 is 41.1 Å². The van der Waals surface area contributed by atoms with Crippen molar-refractivity contribution in [2.75, 3.05) is 22.5 Å². The number of carbonyl (C=O) groups is 4. The van der Waals surface area contributed by atoms with Gasteiger partial charge in [-0.15, -0.1) is 0 Å². The van der Waals surface area contributed by atoms with E-state index in [-0.39, 0.29) is 17.9 Å². The topological polar surface area (TPSA) is 143 Å². The van der Waals surface area contributed by atoms with Crippen molar-refractivity contribution in [2.45, 2.75) is 66.0 Å². The average molecular weight is 511 g/mol. The number of likely N-dealkylation sites (tertiary alicyclic amines) is 1. The van der Waals surface area contributed by atoms with E-state index in [4.69, 9.17) is 4.74 Å². The number of nitrogens with zero attached hydrogens (tertiary/aromatic N) is 3. The molecule has 0 spiro atoms. The van der Waals surface area contributed by atoms with E-state index < -0.39 is 23.5 Å². The fourth-order valence-corrected chi connectivity index (χ4v) is 4.07. The Balaban J connectivity index is 1.70. The Morgan fingerprint density at radius 3 is 2.35 bits per heavy atom. The Morgan fingerprint density at radius 2 is 1.76 bits per heavy atom.